The van der Waals surface area contributed by atoms with Crippen LogP contribution in [0.1, 0.15) is 19.8 Å². The molecule has 0 spiro atoms. The first-order valence-electron chi connectivity index (χ1n) is 6.98. The molecule has 0 aromatic heterocycles. The molecular formula is C15H18BrNO5. The number of rotatable bonds is 4. The average Bonchev–Trinajstić information content (AvgIpc) is 2.49. The molecular weight excluding hydrogens is 354 g/mol. The summed E-state index contributed by atoms with van der Waals surface area (Å²) in [5.41, 5.74) is -1.73. The molecule has 2 N–H and O–H groups in total. The van der Waals surface area contributed by atoms with Crippen molar-refractivity contribution in [2.45, 2.75) is 31.5 Å². The quantitative estimate of drug-likeness (QED) is 0.840. The van der Waals surface area contributed by atoms with E-state index in [0.717, 1.165) is 4.47 Å². The lowest BCUT2D eigenvalue weighted by Crippen LogP contribution is -2.53. The lowest BCUT2D eigenvalue weighted by molar-refractivity contribution is -0.166. The number of ether oxygens (including phenoxy) is 1. The fourth-order valence-electron chi connectivity index (χ4n) is 2.34. The van der Waals surface area contributed by atoms with Gasteiger partial charge in [0.05, 0.1) is 0 Å². The molecule has 7 heteroatoms. The summed E-state index contributed by atoms with van der Waals surface area (Å²) in [5, 5.41) is 18.8. The van der Waals surface area contributed by atoms with E-state index in [0.29, 0.717) is 5.75 Å². The first-order chi connectivity index (χ1) is 10.3. The highest BCUT2D eigenvalue weighted by molar-refractivity contribution is 9.10. The number of aliphatic hydroxyl groups is 1. The van der Waals surface area contributed by atoms with Gasteiger partial charge < -0.3 is 19.8 Å². The molecule has 0 aliphatic carbocycles. The van der Waals surface area contributed by atoms with Crippen LogP contribution in [0.4, 0.5) is 0 Å². The predicted molar refractivity (Wildman–Crippen MR) is 82.6 cm³/mol. The van der Waals surface area contributed by atoms with Crippen molar-refractivity contribution in [3.05, 3.63) is 28.7 Å². The molecule has 1 amide bonds. The monoisotopic (exact) mass is 371 g/mol. The molecule has 120 valence electrons. The zero-order valence-electron chi connectivity index (χ0n) is 12.2. The Kier molecular flexibility index (Phi) is 5.08. The molecule has 0 saturated carbocycles. The van der Waals surface area contributed by atoms with Gasteiger partial charge in [-0.1, -0.05) is 15.9 Å². The van der Waals surface area contributed by atoms with E-state index in [2.05, 4.69) is 15.9 Å². The Hall–Kier alpha value is -1.60. The van der Waals surface area contributed by atoms with Crippen LogP contribution in [-0.2, 0) is 9.59 Å². The summed E-state index contributed by atoms with van der Waals surface area (Å²) >= 11 is 3.32. The van der Waals surface area contributed by atoms with Crippen LogP contribution in [0.2, 0.25) is 0 Å². The number of carbonyl (C=O) groups is 2. The topological polar surface area (TPSA) is 87.1 Å². The average molecular weight is 372 g/mol. The van der Waals surface area contributed by atoms with Gasteiger partial charge in [-0.15, -0.1) is 0 Å². The summed E-state index contributed by atoms with van der Waals surface area (Å²) in [6.07, 6.45) is -0.616. The van der Waals surface area contributed by atoms with Gasteiger partial charge in [0.1, 0.15) is 5.75 Å². The summed E-state index contributed by atoms with van der Waals surface area (Å²) in [6.45, 7) is 2.06. The molecule has 1 atom stereocenters. The van der Waals surface area contributed by atoms with Gasteiger partial charge in [0.25, 0.3) is 5.91 Å². The van der Waals surface area contributed by atoms with Gasteiger partial charge in [-0.2, -0.15) is 0 Å². The molecule has 1 aromatic rings. The number of carbonyl (C=O) groups excluding carboxylic acids is 1. The van der Waals surface area contributed by atoms with Crippen molar-refractivity contribution in [3.8, 4) is 5.75 Å². The first kappa shape index (κ1) is 16.8. The molecule has 1 unspecified atom stereocenters. The SMILES string of the molecule is CC(Oc1ccc(Br)cc1)C(=O)N1CCC(O)(C(=O)O)CC1. The molecule has 6 nitrogen and oxygen atoms in total. The van der Waals surface area contributed by atoms with Gasteiger partial charge in [-0.3, -0.25) is 4.79 Å². The van der Waals surface area contributed by atoms with E-state index in [-0.39, 0.29) is 31.8 Å². The van der Waals surface area contributed by atoms with Gasteiger partial charge in [0.15, 0.2) is 11.7 Å². The highest BCUT2D eigenvalue weighted by atomic mass is 79.9. The molecule has 1 aliphatic rings. The number of aliphatic carboxylic acids is 1. The molecule has 1 saturated heterocycles. The molecule has 1 aromatic carbocycles. The molecule has 1 aliphatic heterocycles. The number of hydrogen-bond acceptors (Lipinski definition) is 4. The Morgan fingerprint density at radius 2 is 1.82 bits per heavy atom. The highest BCUT2D eigenvalue weighted by Crippen LogP contribution is 2.24. The molecule has 0 radical (unpaired) electrons. The van der Waals surface area contributed by atoms with Crippen LogP contribution >= 0.6 is 15.9 Å². The van der Waals surface area contributed by atoms with Crippen molar-refractivity contribution < 1.29 is 24.5 Å². The number of benzene rings is 1. The minimum Gasteiger partial charge on any atom is -0.481 e. The van der Waals surface area contributed by atoms with E-state index in [1.807, 2.05) is 12.1 Å². The Morgan fingerprint density at radius 3 is 2.32 bits per heavy atom. The summed E-state index contributed by atoms with van der Waals surface area (Å²) in [5.74, 6) is -0.864. The van der Waals surface area contributed by atoms with Crippen LogP contribution < -0.4 is 4.74 Å². The van der Waals surface area contributed by atoms with Gasteiger partial charge >= 0.3 is 5.97 Å². The minimum absolute atomic E-state index is 0.0269. The van der Waals surface area contributed by atoms with E-state index in [1.54, 1.807) is 19.1 Å². The second-order valence-electron chi connectivity index (χ2n) is 5.38. The molecule has 22 heavy (non-hydrogen) atoms. The number of piperidine rings is 1. The Bertz CT molecular complexity index is 552. The number of amides is 1. The third-order valence-electron chi connectivity index (χ3n) is 3.77. The van der Waals surface area contributed by atoms with Crippen LogP contribution in [-0.4, -0.2) is 51.8 Å². The molecule has 2 rings (SSSR count). The Morgan fingerprint density at radius 1 is 1.27 bits per heavy atom. The fourth-order valence-corrected chi connectivity index (χ4v) is 2.60. The van der Waals surface area contributed by atoms with Gasteiger partial charge in [-0.25, -0.2) is 4.79 Å². The van der Waals surface area contributed by atoms with Crippen molar-refractivity contribution in [3.63, 3.8) is 0 Å². The summed E-state index contributed by atoms with van der Waals surface area (Å²) in [6, 6.07) is 7.15. The number of carboxylic acids is 1. The zero-order chi connectivity index (χ0) is 16.3. The summed E-state index contributed by atoms with van der Waals surface area (Å²) < 4.78 is 6.51. The number of hydrogen-bond donors (Lipinski definition) is 2. The third kappa shape index (κ3) is 3.78. The van der Waals surface area contributed by atoms with E-state index < -0.39 is 17.7 Å². The molecule has 0 bridgehead atoms. The van der Waals surface area contributed by atoms with Gasteiger partial charge in [0, 0.05) is 30.4 Å². The smallest absolute Gasteiger partial charge is 0.335 e. The maximum Gasteiger partial charge on any atom is 0.335 e. The number of likely N-dealkylation sites (tertiary alicyclic amines) is 1. The number of carboxylic acid groups (broad SMARTS) is 1. The highest BCUT2D eigenvalue weighted by Gasteiger charge is 2.41. The van der Waals surface area contributed by atoms with Crippen molar-refractivity contribution in [2.24, 2.45) is 0 Å². The standard InChI is InChI=1S/C15H18BrNO5/c1-10(22-12-4-2-11(16)3-5-12)13(18)17-8-6-15(21,7-9-17)14(19)20/h2-5,10,21H,6-9H2,1H3,(H,19,20). The Balaban J connectivity index is 1.92. The fraction of sp³-hybridized carbons (Fsp3) is 0.467. The number of nitrogens with zero attached hydrogens (tertiary/aromatic N) is 1. The van der Waals surface area contributed by atoms with Crippen molar-refractivity contribution in [1.82, 2.24) is 4.90 Å². The van der Waals surface area contributed by atoms with Crippen LogP contribution in [0.15, 0.2) is 28.7 Å². The second-order valence-corrected chi connectivity index (χ2v) is 6.29. The largest absolute Gasteiger partial charge is 0.481 e. The lowest BCUT2D eigenvalue weighted by Gasteiger charge is -2.36. The van der Waals surface area contributed by atoms with E-state index in [1.165, 1.54) is 4.90 Å². The number of halogens is 1. The first-order valence-corrected chi connectivity index (χ1v) is 7.78. The minimum atomic E-state index is -1.73. The van der Waals surface area contributed by atoms with Crippen molar-refractivity contribution >= 4 is 27.8 Å². The van der Waals surface area contributed by atoms with E-state index in [4.69, 9.17) is 9.84 Å². The van der Waals surface area contributed by atoms with Crippen molar-refractivity contribution in [2.75, 3.05) is 13.1 Å². The van der Waals surface area contributed by atoms with Gasteiger partial charge in [0.2, 0.25) is 0 Å². The molecule has 1 fully saturated rings. The summed E-state index contributed by atoms with van der Waals surface area (Å²) in [4.78, 5) is 24.8. The lowest BCUT2D eigenvalue weighted by atomic mass is 9.91. The molecule has 1 heterocycles. The zero-order valence-corrected chi connectivity index (χ0v) is 13.7. The van der Waals surface area contributed by atoms with Gasteiger partial charge in [-0.05, 0) is 31.2 Å². The maximum absolute atomic E-state index is 12.3. The van der Waals surface area contributed by atoms with Crippen LogP contribution in [0.3, 0.4) is 0 Å². The van der Waals surface area contributed by atoms with E-state index >= 15 is 0 Å². The van der Waals surface area contributed by atoms with Crippen LogP contribution in [0.25, 0.3) is 0 Å². The van der Waals surface area contributed by atoms with E-state index in [9.17, 15) is 14.7 Å². The third-order valence-corrected chi connectivity index (χ3v) is 4.30. The Labute approximate surface area is 136 Å². The maximum atomic E-state index is 12.3. The van der Waals surface area contributed by atoms with Crippen molar-refractivity contribution in [1.29, 1.82) is 0 Å². The summed E-state index contributed by atoms with van der Waals surface area (Å²) in [7, 11) is 0. The van der Waals surface area contributed by atoms with Crippen LogP contribution in [0.5, 0.6) is 5.75 Å². The second kappa shape index (κ2) is 6.66. The normalized spacial score (nSPS) is 18.6. The predicted octanol–water partition coefficient (Wildman–Crippen LogP) is 1.65. The van der Waals surface area contributed by atoms with Crippen LogP contribution in [0, 0.1) is 0 Å².